The lowest BCUT2D eigenvalue weighted by Crippen LogP contribution is -2.40. The summed E-state index contributed by atoms with van der Waals surface area (Å²) < 4.78 is 1.12. The molecule has 2 atom stereocenters. The number of nitrogens with one attached hydrogen (secondary N) is 2. The fourth-order valence-corrected chi connectivity index (χ4v) is 4.88. The van der Waals surface area contributed by atoms with Crippen molar-refractivity contribution in [1.82, 2.24) is 10.6 Å². The molecule has 2 bridgehead atoms. The quantitative estimate of drug-likeness (QED) is 0.767. The summed E-state index contributed by atoms with van der Waals surface area (Å²) in [4.78, 5) is 12.4. The van der Waals surface area contributed by atoms with Crippen LogP contribution in [0.2, 0.25) is 0 Å². The van der Waals surface area contributed by atoms with Gasteiger partial charge in [0.05, 0.1) is 0 Å². The number of halogens is 2. The maximum Gasteiger partial charge on any atom is 0.220 e. The van der Waals surface area contributed by atoms with Crippen LogP contribution < -0.4 is 10.6 Å². The molecule has 1 aliphatic carbocycles. The molecule has 0 radical (unpaired) electrons. The van der Waals surface area contributed by atoms with Gasteiger partial charge >= 0.3 is 0 Å². The van der Waals surface area contributed by atoms with Crippen LogP contribution in [0.25, 0.3) is 0 Å². The Morgan fingerprint density at radius 2 is 1.96 bits per heavy atom. The Hall–Kier alpha value is -0.580. The molecule has 132 valence electrons. The van der Waals surface area contributed by atoms with Gasteiger partial charge in [0.15, 0.2) is 0 Å². The second kappa shape index (κ2) is 7.35. The van der Waals surface area contributed by atoms with Gasteiger partial charge in [0.2, 0.25) is 5.91 Å². The van der Waals surface area contributed by atoms with Crippen LogP contribution in [0.15, 0.2) is 28.7 Å². The minimum Gasteiger partial charge on any atom is -0.355 e. The van der Waals surface area contributed by atoms with Gasteiger partial charge in [0, 0.05) is 34.9 Å². The first-order chi connectivity index (χ1) is 11.1. The molecule has 5 heteroatoms. The predicted octanol–water partition coefficient (Wildman–Crippen LogP) is 3.94. The fourth-order valence-electron chi connectivity index (χ4n) is 4.48. The average molecular weight is 414 g/mol. The van der Waals surface area contributed by atoms with Crippen LogP contribution in [-0.2, 0) is 10.2 Å². The van der Waals surface area contributed by atoms with Gasteiger partial charge in [0.25, 0.3) is 0 Å². The van der Waals surface area contributed by atoms with E-state index in [0.717, 1.165) is 11.0 Å². The number of carbonyl (C=O) groups excluding carboxylic acids is 1. The van der Waals surface area contributed by atoms with Crippen LogP contribution in [0.4, 0.5) is 0 Å². The molecule has 0 spiro atoms. The molecule has 2 unspecified atom stereocenters. The summed E-state index contributed by atoms with van der Waals surface area (Å²) in [5, 5.41) is 6.88. The van der Waals surface area contributed by atoms with E-state index >= 15 is 0 Å². The zero-order valence-electron chi connectivity index (χ0n) is 13.9. The van der Waals surface area contributed by atoms with E-state index < -0.39 is 0 Å². The molecular weight excluding hydrogens is 388 g/mol. The standard InChI is InChI=1S/C19H25BrN2O.ClH/c20-15-3-1-2-14(11-15)19(6-7-19)12-21-18(23)10-13-8-16-4-5-17(9-13)22-16;/h1-3,11,13,16-17,22H,4-10,12H2,(H,21,23);1H. The third-order valence-corrected chi connectivity index (χ3v) is 6.45. The van der Waals surface area contributed by atoms with Crippen LogP contribution in [-0.4, -0.2) is 24.5 Å². The second-order valence-corrected chi connectivity index (χ2v) is 8.66. The van der Waals surface area contributed by atoms with Crippen molar-refractivity contribution in [3.8, 4) is 0 Å². The first-order valence-corrected chi connectivity index (χ1v) is 9.71. The van der Waals surface area contributed by atoms with Crippen molar-refractivity contribution in [2.75, 3.05) is 6.54 Å². The van der Waals surface area contributed by atoms with Crippen LogP contribution in [0.1, 0.15) is 50.5 Å². The Balaban J connectivity index is 0.00000169. The molecule has 1 aromatic rings. The van der Waals surface area contributed by atoms with Crippen molar-refractivity contribution in [2.45, 2.75) is 62.4 Å². The zero-order chi connectivity index (χ0) is 15.9. The van der Waals surface area contributed by atoms with E-state index in [1.54, 1.807) is 0 Å². The molecule has 3 fully saturated rings. The lowest BCUT2D eigenvalue weighted by atomic mass is 9.89. The summed E-state index contributed by atoms with van der Waals surface area (Å²) >= 11 is 3.55. The highest BCUT2D eigenvalue weighted by atomic mass is 79.9. The van der Waals surface area contributed by atoms with E-state index in [1.807, 2.05) is 0 Å². The fraction of sp³-hybridized carbons (Fsp3) is 0.632. The van der Waals surface area contributed by atoms with Gasteiger partial charge in [-0.15, -0.1) is 12.4 Å². The molecule has 2 N–H and O–H groups in total. The number of amides is 1. The number of benzene rings is 1. The zero-order valence-corrected chi connectivity index (χ0v) is 16.3. The van der Waals surface area contributed by atoms with Crippen molar-refractivity contribution in [3.05, 3.63) is 34.3 Å². The third-order valence-electron chi connectivity index (χ3n) is 5.96. The van der Waals surface area contributed by atoms with Gasteiger partial charge in [-0.2, -0.15) is 0 Å². The summed E-state index contributed by atoms with van der Waals surface area (Å²) in [6.07, 6.45) is 8.04. The first-order valence-electron chi connectivity index (χ1n) is 8.92. The highest BCUT2D eigenvalue weighted by Crippen LogP contribution is 2.48. The smallest absolute Gasteiger partial charge is 0.220 e. The topological polar surface area (TPSA) is 41.1 Å². The van der Waals surface area contributed by atoms with Gasteiger partial charge < -0.3 is 10.6 Å². The molecule has 3 nitrogen and oxygen atoms in total. The van der Waals surface area contributed by atoms with Crippen LogP contribution in [0.3, 0.4) is 0 Å². The Morgan fingerprint density at radius 1 is 1.25 bits per heavy atom. The molecule has 2 heterocycles. The van der Waals surface area contributed by atoms with Crippen molar-refractivity contribution < 1.29 is 4.79 Å². The summed E-state index contributed by atoms with van der Waals surface area (Å²) in [7, 11) is 0. The van der Waals surface area contributed by atoms with Gasteiger partial charge in [-0.25, -0.2) is 0 Å². The molecule has 24 heavy (non-hydrogen) atoms. The Labute approximate surface area is 158 Å². The lowest BCUT2D eigenvalue weighted by Gasteiger charge is -2.28. The molecule has 2 saturated heterocycles. The van der Waals surface area contributed by atoms with E-state index in [0.29, 0.717) is 24.4 Å². The summed E-state index contributed by atoms with van der Waals surface area (Å²) in [5.41, 5.74) is 1.54. The third kappa shape index (κ3) is 3.97. The summed E-state index contributed by atoms with van der Waals surface area (Å²) in [6.45, 7) is 0.792. The average Bonchev–Trinajstić information content (AvgIpc) is 3.25. The molecule has 4 rings (SSSR count). The Bertz CT molecular complexity index is 593. The number of rotatable bonds is 5. The van der Waals surface area contributed by atoms with Crippen LogP contribution in [0, 0.1) is 5.92 Å². The van der Waals surface area contributed by atoms with Crippen molar-refractivity contribution in [2.24, 2.45) is 5.92 Å². The van der Waals surface area contributed by atoms with Gasteiger partial charge in [-0.05, 0) is 62.1 Å². The second-order valence-electron chi connectivity index (χ2n) is 7.75. The highest BCUT2D eigenvalue weighted by Gasteiger charge is 2.44. The number of carbonyl (C=O) groups is 1. The van der Waals surface area contributed by atoms with E-state index in [4.69, 9.17) is 0 Å². The molecule has 2 aliphatic heterocycles. The Morgan fingerprint density at radius 3 is 2.58 bits per heavy atom. The number of piperidine rings is 1. The predicted molar refractivity (Wildman–Crippen MR) is 103 cm³/mol. The molecule has 0 aromatic heterocycles. The largest absolute Gasteiger partial charge is 0.355 e. The van der Waals surface area contributed by atoms with Gasteiger partial charge in [-0.3, -0.25) is 4.79 Å². The molecular formula is C19H26BrClN2O. The number of hydrogen-bond acceptors (Lipinski definition) is 2. The maximum atomic E-state index is 12.4. The van der Waals surface area contributed by atoms with E-state index in [1.165, 1.54) is 44.1 Å². The summed E-state index contributed by atoms with van der Waals surface area (Å²) in [5.74, 6) is 0.826. The van der Waals surface area contributed by atoms with E-state index in [2.05, 4.69) is 50.8 Å². The van der Waals surface area contributed by atoms with Crippen molar-refractivity contribution >= 4 is 34.2 Å². The number of fused-ring (bicyclic) bond motifs is 2. The minimum absolute atomic E-state index is 0. The lowest BCUT2D eigenvalue weighted by molar-refractivity contribution is -0.122. The van der Waals surface area contributed by atoms with Crippen LogP contribution >= 0.6 is 28.3 Å². The minimum atomic E-state index is 0. The first kappa shape index (κ1) is 18.2. The van der Waals surface area contributed by atoms with Gasteiger partial charge in [0.1, 0.15) is 0 Å². The molecule has 1 saturated carbocycles. The maximum absolute atomic E-state index is 12.4. The SMILES string of the molecule is Cl.O=C(CC1CC2CCC(C1)N2)NCC1(c2cccc(Br)c2)CC1. The van der Waals surface area contributed by atoms with Crippen LogP contribution in [0.5, 0.6) is 0 Å². The number of hydrogen-bond donors (Lipinski definition) is 2. The van der Waals surface area contributed by atoms with E-state index in [-0.39, 0.29) is 23.7 Å². The molecule has 1 aromatic carbocycles. The van der Waals surface area contributed by atoms with Crippen molar-refractivity contribution in [1.29, 1.82) is 0 Å². The molecule has 1 amide bonds. The van der Waals surface area contributed by atoms with Gasteiger partial charge in [-0.1, -0.05) is 28.1 Å². The molecule has 3 aliphatic rings. The Kier molecular flexibility index (Phi) is 5.58. The summed E-state index contributed by atoms with van der Waals surface area (Å²) in [6, 6.07) is 9.87. The normalized spacial score (nSPS) is 29.6. The van der Waals surface area contributed by atoms with Crippen molar-refractivity contribution in [3.63, 3.8) is 0 Å². The monoisotopic (exact) mass is 412 g/mol. The van der Waals surface area contributed by atoms with E-state index in [9.17, 15) is 4.79 Å². The highest BCUT2D eigenvalue weighted by molar-refractivity contribution is 9.10.